The number of hydrogen-bond acceptors (Lipinski definition) is 3. The van der Waals surface area contributed by atoms with Gasteiger partial charge in [-0.15, -0.1) is 0 Å². The smallest absolute Gasteiger partial charge is 0.137 e. The van der Waals surface area contributed by atoms with Gasteiger partial charge in [0.25, 0.3) is 0 Å². The number of nitrogens with zero attached hydrogens (tertiary/aromatic N) is 2. The second-order valence-electron chi connectivity index (χ2n) is 4.01. The Morgan fingerprint density at radius 2 is 2.18 bits per heavy atom. The van der Waals surface area contributed by atoms with Crippen molar-refractivity contribution in [3.8, 4) is 11.3 Å². The van der Waals surface area contributed by atoms with Crippen LogP contribution in [0.1, 0.15) is 25.3 Å². The van der Waals surface area contributed by atoms with Gasteiger partial charge in [-0.05, 0) is 32.5 Å². The van der Waals surface area contributed by atoms with Crippen LogP contribution in [-0.2, 0) is 13.1 Å². The highest BCUT2D eigenvalue weighted by atomic mass is 16.3. The minimum absolute atomic E-state index is 0.775. The number of rotatable bonds is 5. The summed E-state index contributed by atoms with van der Waals surface area (Å²) in [4.78, 5) is 0. The first-order chi connectivity index (χ1) is 8.26. The molecule has 2 heterocycles. The summed E-state index contributed by atoms with van der Waals surface area (Å²) in [6.07, 6.45) is 1.87. The molecule has 2 aromatic rings. The molecule has 0 aliphatic heterocycles. The molecule has 0 unspecified atom stereocenters. The summed E-state index contributed by atoms with van der Waals surface area (Å²) in [6.45, 7) is 8.84. The Labute approximate surface area is 102 Å². The van der Waals surface area contributed by atoms with Crippen molar-refractivity contribution in [3.63, 3.8) is 0 Å². The largest absolute Gasteiger partial charge is 0.460 e. The Balaban J connectivity index is 2.21. The van der Waals surface area contributed by atoms with Crippen LogP contribution in [0, 0.1) is 6.92 Å². The Morgan fingerprint density at radius 1 is 1.35 bits per heavy atom. The highest BCUT2D eigenvalue weighted by molar-refractivity contribution is 5.59. The number of aryl methyl sites for hydroxylation is 1. The summed E-state index contributed by atoms with van der Waals surface area (Å²) in [5.74, 6) is 1.86. The Morgan fingerprint density at radius 3 is 2.82 bits per heavy atom. The van der Waals surface area contributed by atoms with Crippen LogP contribution in [0.5, 0.6) is 0 Å². The van der Waals surface area contributed by atoms with E-state index in [2.05, 4.69) is 31.2 Å². The number of nitrogens with one attached hydrogen (secondary N) is 1. The number of hydrogen-bond donors (Lipinski definition) is 1. The molecule has 4 nitrogen and oxygen atoms in total. The minimum Gasteiger partial charge on any atom is -0.460 e. The highest BCUT2D eigenvalue weighted by Crippen LogP contribution is 2.25. The molecule has 92 valence electrons. The zero-order valence-corrected chi connectivity index (χ0v) is 10.7. The molecule has 0 saturated carbocycles. The summed E-state index contributed by atoms with van der Waals surface area (Å²) in [5, 5.41) is 7.57. The lowest BCUT2D eigenvalue weighted by Crippen LogP contribution is -2.10. The summed E-state index contributed by atoms with van der Waals surface area (Å²) < 4.78 is 7.77. The molecule has 17 heavy (non-hydrogen) atoms. The molecule has 1 N–H and O–H groups in total. The maximum Gasteiger partial charge on any atom is 0.137 e. The lowest BCUT2D eigenvalue weighted by atomic mass is 10.2. The first kappa shape index (κ1) is 11.9. The topological polar surface area (TPSA) is 43.0 Å². The van der Waals surface area contributed by atoms with Crippen LogP contribution in [0.4, 0.5) is 0 Å². The van der Waals surface area contributed by atoms with Crippen molar-refractivity contribution in [3.05, 3.63) is 29.8 Å². The van der Waals surface area contributed by atoms with E-state index in [0.717, 1.165) is 42.4 Å². The molecule has 0 aliphatic rings. The predicted octanol–water partition coefficient (Wildman–Crippen LogP) is 2.58. The van der Waals surface area contributed by atoms with Crippen molar-refractivity contribution in [2.24, 2.45) is 0 Å². The van der Waals surface area contributed by atoms with Crippen LogP contribution in [0.25, 0.3) is 11.3 Å². The average Bonchev–Trinajstić information content (AvgIpc) is 2.92. The first-order valence-corrected chi connectivity index (χ1v) is 6.08. The van der Waals surface area contributed by atoms with E-state index in [1.54, 1.807) is 0 Å². The fourth-order valence-electron chi connectivity index (χ4n) is 1.87. The van der Waals surface area contributed by atoms with E-state index in [9.17, 15) is 0 Å². The maximum absolute atomic E-state index is 5.79. The molecule has 0 bridgehead atoms. The van der Waals surface area contributed by atoms with E-state index >= 15 is 0 Å². The average molecular weight is 233 g/mol. The molecule has 0 saturated heterocycles. The summed E-state index contributed by atoms with van der Waals surface area (Å²) in [6, 6.07) is 4.03. The zero-order chi connectivity index (χ0) is 12.3. The van der Waals surface area contributed by atoms with E-state index in [4.69, 9.17) is 4.42 Å². The lowest BCUT2D eigenvalue weighted by Gasteiger charge is -2.00. The van der Waals surface area contributed by atoms with E-state index in [0.29, 0.717) is 0 Å². The Bertz CT molecular complexity index is 485. The van der Waals surface area contributed by atoms with Gasteiger partial charge in [-0.1, -0.05) is 6.92 Å². The molecule has 0 spiro atoms. The second kappa shape index (κ2) is 5.19. The van der Waals surface area contributed by atoms with Gasteiger partial charge < -0.3 is 9.73 Å². The standard InChI is InChI=1S/C13H19N3O/c1-4-14-8-11-6-7-13(17-11)12-9-15-16(5-2)10(12)3/h6-7,9,14H,4-5,8H2,1-3H3. The van der Waals surface area contributed by atoms with Crippen molar-refractivity contribution in [2.45, 2.75) is 33.9 Å². The molecule has 0 atom stereocenters. The van der Waals surface area contributed by atoms with Crippen molar-refractivity contribution in [2.75, 3.05) is 6.54 Å². The quantitative estimate of drug-likeness (QED) is 0.863. The third-order valence-electron chi connectivity index (χ3n) is 2.88. The van der Waals surface area contributed by atoms with Crippen LogP contribution in [-0.4, -0.2) is 16.3 Å². The molecular weight excluding hydrogens is 214 g/mol. The molecule has 2 aromatic heterocycles. The van der Waals surface area contributed by atoms with Gasteiger partial charge in [-0.25, -0.2) is 0 Å². The Hall–Kier alpha value is -1.55. The van der Waals surface area contributed by atoms with Gasteiger partial charge in [-0.2, -0.15) is 5.10 Å². The van der Waals surface area contributed by atoms with Crippen molar-refractivity contribution < 1.29 is 4.42 Å². The fraction of sp³-hybridized carbons (Fsp3) is 0.462. The summed E-state index contributed by atoms with van der Waals surface area (Å²) >= 11 is 0. The number of aromatic nitrogens is 2. The highest BCUT2D eigenvalue weighted by Gasteiger charge is 2.11. The minimum atomic E-state index is 0.775. The van der Waals surface area contributed by atoms with Gasteiger partial charge in [0.2, 0.25) is 0 Å². The first-order valence-electron chi connectivity index (χ1n) is 6.08. The molecule has 0 aliphatic carbocycles. The predicted molar refractivity (Wildman–Crippen MR) is 67.7 cm³/mol. The van der Waals surface area contributed by atoms with E-state index < -0.39 is 0 Å². The SMILES string of the molecule is CCNCc1ccc(-c2cnn(CC)c2C)o1. The van der Waals surface area contributed by atoms with Crippen LogP contribution < -0.4 is 5.32 Å². The van der Waals surface area contributed by atoms with Crippen molar-refractivity contribution in [1.29, 1.82) is 0 Å². The Kier molecular flexibility index (Phi) is 3.64. The van der Waals surface area contributed by atoms with Gasteiger partial charge in [0.1, 0.15) is 11.5 Å². The molecule has 4 heteroatoms. The van der Waals surface area contributed by atoms with Crippen molar-refractivity contribution >= 4 is 0 Å². The van der Waals surface area contributed by atoms with Crippen LogP contribution >= 0.6 is 0 Å². The van der Waals surface area contributed by atoms with Crippen LogP contribution in [0.2, 0.25) is 0 Å². The second-order valence-corrected chi connectivity index (χ2v) is 4.01. The van der Waals surface area contributed by atoms with E-state index in [1.807, 2.05) is 23.0 Å². The maximum atomic E-state index is 5.79. The summed E-state index contributed by atoms with van der Waals surface area (Å²) in [5.41, 5.74) is 2.23. The molecule has 0 aromatic carbocycles. The van der Waals surface area contributed by atoms with Crippen LogP contribution in [0.3, 0.4) is 0 Å². The molecule has 0 radical (unpaired) electrons. The normalized spacial score (nSPS) is 11.0. The molecular formula is C13H19N3O. The third-order valence-corrected chi connectivity index (χ3v) is 2.88. The van der Waals surface area contributed by atoms with Gasteiger partial charge >= 0.3 is 0 Å². The van der Waals surface area contributed by atoms with Gasteiger partial charge in [0.15, 0.2) is 0 Å². The molecule has 2 rings (SSSR count). The molecule has 0 amide bonds. The van der Waals surface area contributed by atoms with Crippen molar-refractivity contribution in [1.82, 2.24) is 15.1 Å². The summed E-state index contributed by atoms with van der Waals surface area (Å²) in [7, 11) is 0. The number of furan rings is 1. The van der Waals surface area contributed by atoms with Gasteiger partial charge in [-0.3, -0.25) is 4.68 Å². The lowest BCUT2D eigenvalue weighted by molar-refractivity contribution is 0.498. The van der Waals surface area contributed by atoms with Crippen LogP contribution in [0.15, 0.2) is 22.7 Å². The monoisotopic (exact) mass is 233 g/mol. The van der Waals surface area contributed by atoms with Gasteiger partial charge in [0, 0.05) is 12.2 Å². The molecule has 0 fully saturated rings. The fourth-order valence-corrected chi connectivity index (χ4v) is 1.87. The van der Waals surface area contributed by atoms with Gasteiger partial charge in [0.05, 0.1) is 18.3 Å². The van der Waals surface area contributed by atoms with E-state index in [1.165, 1.54) is 0 Å². The third kappa shape index (κ3) is 2.42. The zero-order valence-electron chi connectivity index (χ0n) is 10.7. The van der Waals surface area contributed by atoms with E-state index in [-0.39, 0.29) is 0 Å².